The zero-order valence-electron chi connectivity index (χ0n) is 10.0. The number of nitrogens with zero attached hydrogens (tertiary/aromatic N) is 2. The highest BCUT2D eigenvalue weighted by atomic mass is 16.4. The summed E-state index contributed by atoms with van der Waals surface area (Å²) in [6.07, 6.45) is -0.386. The fraction of sp³-hybridized carbons (Fsp3) is 0.700. The van der Waals surface area contributed by atoms with Gasteiger partial charge in [-0.1, -0.05) is 0 Å². The van der Waals surface area contributed by atoms with E-state index in [0.717, 1.165) is 0 Å². The number of nitrogens with two attached hydrogens (primary N) is 1. The molecule has 1 rings (SSSR count). The SMILES string of the molecule is Cc1nnc(CCCC(O)C(N)(CO)C(=O)O)o1. The van der Waals surface area contributed by atoms with Gasteiger partial charge in [0.1, 0.15) is 0 Å². The number of hydrogen-bond donors (Lipinski definition) is 4. The molecule has 0 aliphatic carbocycles. The third kappa shape index (κ3) is 3.25. The van der Waals surface area contributed by atoms with E-state index in [2.05, 4.69) is 10.2 Å². The summed E-state index contributed by atoms with van der Waals surface area (Å²) in [4.78, 5) is 10.8. The highest BCUT2D eigenvalue weighted by molar-refractivity contribution is 5.79. The van der Waals surface area contributed by atoms with Gasteiger partial charge in [-0.15, -0.1) is 10.2 Å². The summed E-state index contributed by atoms with van der Waals surface area (Å²) in [5.41, 5.74) is 3.38. The molecule has 0 saturated carbocycles. The molecule has 8 heteroatoms. The lowest BCUT2D eigenvalue weighted by atomic mass is 9.91. The third-order valence-corrected chi connectivity index (χ3v) is 2.69. The zero-order valence-corrected chi connectivity index (χ0v) is 10.0. The van der Waals surface area contributed by atoms with Gasteiger partial charge in [-0.05, 0) is 12.8 Å². The second-order valence-electron chi connectivity index (χ2n) is 4.13. The van der Waals surface area contributed by atoms with Gasteiger partial charge in [-0.25, -0.2) is 0 Å². The molecule has 5 N–H and O–H groups in total. The van der Waals surface area contributed by atoms with E-state index < -0.39 is 24.2 Å². The van der Waals surface area contributed by atoms with Crippen LogP contribution in [0.4, 0.5) is 0 Å². The van der Waals surface area contributed by atoms with E-state index in [1.807, 2.05) is 0 Å². The quantitative estimate of drug-likeness (QED) is 0.480. The van der Waals surface area contributed by atoms with Gasteiger partial charge in [0.2, 0.25) is 11.8 Å². The van der Waals surface area contributed by atoms with Gasteiger partial charge in [-0.3, -0.25) is 4.79 Å². The van der Waals surface area contributed by atoms with Crippen LogP contribution in [0.25, 0.3) is 0 Å². The molecule has 0 aliphatic rings. The van der Waals surface area contributed by atoms with Crippen molar-refractivity contribution in [3.8, 4) is 0 Å². The molecule has 18 heavy (non-hydrogen) atoms. The predicted octanol–water partition coefficient (Wildman–Crippen LogP) is -1.16. The molecule has 2 unspecified atom stereocenters. The third-order valence-electron chi connectivity index (χ3n) is 2.69. The first-order chi connectivity index (χ1) is 8.40. The van der Waals surface area contributed by atoms with E-state index in [1.54, 1.807) is 6.92 Å². The highest BCUT2D eigenvalue weighted by Crippen LogP contribution is 2.14. The van der Waals surface area contributed by atoms with Gasteiger partial charge >= 0.3 is 5.97 Å². The topological polar surface area (TPSA) is 143 Å². The number of hydrogen-bond acceptors (Lipinski definition) is 7. The summed E-state index contributed by atoms with van der Waals surface area (Å²) in [6, 6.07) is 0. The average molecular weight is 259 g/mol. The number of aliphatic carboxylic acids is 1. The molecule has 8 nitrogen and oxygen atoms in total. The Labute approximate surface area is 103 Å². The van der Waals surface area contributed by atoms with E-state index in [4.69, 9.17) is 20.4 Å². The number of aliphatic hydroxyl groups excluding tert-OH is 2. The molecule has 1 heterocycles. The fourth-order valence-corrected chi connectivity index (χ4v) is 1.46. The highest BCUT2D eigenvalue weighted by Gasteiger charge is 2.40. The molecule has 102 valence electrons. The lowest BCUT2D eigenvalue weighted by molar-refractivity contribution is -0.150. The Kier molecular flexibility index (Phi) is 4.76. The van der Waals surface area contributed by atoms with E-state index in [-0.39, 0.29) is 6.42 Å². The normalized spacial score (nSPS) is 16.2. The smallest absolute Gasteiger partial charge is 0.328 e. The van der Waals surface area contributed by atoms with Crippen molar-refractivity contribution in [2.45, 2.75) is 37.8 Å². The van der Waals surface area contributed by atoms with Crippen LogP contribution in [0, 0.1) is 6.92 Å². The van der Waals surface area contributed by atoms with Crippen LogP contribution in [-0.4, -0.2) is 49.7 Å². The Morgan fingerprint density at radius 3 is 2.67 bits per heavy atom. The van der Waals surface area contributed by atoms with Crippen molar-refractivity contribution in [1.82, 2.24) is 10.2 Å². The number of rotatable bonds is 7. The predicted molar refractivity (Wildman–Crippen MR) is 59.6 cm³/mol. The van der Waals surface area contributed by atoms with Gasteiger partial charge in [-0.2, -0.15) is 0 Å². The number of carboxylic acids is 1. The van der Waals surface area contributed by atoms with Crippen molar-refractivity contribution in [3.05, 3.63) is 11.8 Å². The van der Waals surface area contributed by atoms with Crippen molar-refractivity contribution in [3.63, 3.8) is 0 Å². The molecular formula is C10H17N3O5. The van der Waals surface area contributed by atoms with E-state index in [9.17, 15) is 9.90 Å². The Hall–Kier alpha value is -1.51. The molecule has 2 atom stereocenters. The monoisotopic (exact) mass is 259 g/mol. The Balaban J connectivity index is 2.45. The summed E-state index contributed by atoms with van der Waals surface area (Å²) < 4.78 is 5.12. The van der Waals surface area contributed by atoms with E-state index >= 15 is 0 Å². The Bertz CT molecular complexity index is 408. The number of aliphatic hydroxyl groups is 2. The van der Waals surface area contributed by atoms with E-state index in [1.165, 1.54) is 0 Å². The lowest BCUT2D eigenvalue weighted by Crippen LogP contribution is -2.60. The van der Waals surface area contributed by atoms with Crippen molar-refractivity contribution < 1.29 is 24.5 Å². The minimum absolute atomic E-state index is 0.116. The average Bonchev–Trinajstić information content (AvgIpc) is 2.73. The molecule has 0 aromatic carbocycles. The van der Waals surface area contributed by atoms with Gasteiger partial charge in [0.05, 0.1) is 12.7 Å². The van der Waals surface area contributed by atoms with Crippen LogP contribution < -0.4 is 5.73 Å². The van der Waals surface area contributed by atoms with Crippen LogP contribution >= 0.6 is 0 Å². The Morgan fingerprint density at radius 2 is 2.22 bits per heavy atom. The second-order valence-corrected chi connectivity index (χ2v) is 4.13. The minimum Gasteiger partial charge on any atom is -0.480 e. The van der Waals surface area contributed by atoms with Crippen LogP contribution in [0.5, 0.6) is 0 Å². The molecule has 1 aromatic rings. The van der Waals surface area contributed by atoms with Gasteiger partial charge in [0, 0.05) is 13.3 Å². The number of carbonyl (C=O) groups is 1. The standard InChI is InChI=1S/C10H17N3O5/c1-6-12-13-8(18-6)4-2-3-7(15)10(11,5-14)9(16)17/h7,14-15H,2-5,11H2,1H3,(H,16,17). The molecule has 0 amide bonds. The van der Waals surface area contributed by atoms with Crippen molar-refractivity contribution in [1.29, 1.82) is 0 Å². The first-order valence-corrected chi connectivity index (χ1v) is 5.50. The molecule has 0 bridgehead atoms. The largest absolute Gasteiger partial charge is 0.480 e. The molecular weight excluding hydrogens is 242 g/mol. The molecule has 0 saturated heterocycles. The summed E-state index contributed by atoms with van der Waals surface area (Å²) in [7, 11) is 0. The molecule has 1 aromatic heterocycles. The maximum atomic E-state index is 10.8. The summed E-state index contributed by atoms with van der Waals surface area (Å²) in [6.45, 7) is 0.829. The first kappa shape index (κ1) is 14.6. The summed E-state index contributed by atoms with van der Waals surface area (Å²) in [5.74, 6) is -0.576. The Morgan fingerprint density at radius 1 is 1.56 bits per heavy atom. The van der Waals surface area contributed by atoms with Crippen molar-refractivity contribution >= 4 is 5.97 Å². The van der Waals surface area contributed by atoms with Crippen molar-refractivity contribution in [2.24, 2.45) is 5.73 Å². The van der Waals surface area contributed by atoms with Gasteiger partial charge < -0.3 is 25.5 Å². The van der Waals surface area contributed by atoms with Crippen LogP contribution in [0.15, 0.2) is 4.42 Å². The van der Waals surface area contributed by atoms with E-state index in [0.29, 0.717) is 24.6 Å². The van der Waals surface area contributed by atoms with Gasteiger partial charge in [0.25, 0.3) is 0 Å². The maximum Gasteiger partial charge on any atom is 0.328 e. The summed E-state index contributed by atoms with van der Waals surface area (Å²) >= 11 is 0. The minimum atomic E-state index is -2.04. The fourth-order valence-electron chi connectivity index (χ4n) is 1.46. The van der Waals surface area contributed by atoms with Gasteiger partial charge in [0.15, 0.2) is 5.54 Å². The zero-order chi connectivity index (χ0) is 13.8. The second kappa shape index (κ2) is 5.89. The first-order valence-electron chi connectivity index (χ1n) is 5.50. The maximum absolute atomic E-state index is 10.8. The molecule has 0 aliphatic heterocycles. The number of aryl methyl sites for hydroxylation is 2. The molecule has 0 radical (unpaired) electrons. The number of aromatic nitrogens is 2. The van der Waals surface area contributed by atoms with Crippen LogP contribution in [-0.2, 0) is 11.2 Å². The van der Waals surface area contributed by atoms with Crippen LogP contribution in [0.3, 0.4) is 0 Å². The lowest BCUT2D eigenvalue weighted by Gasteiger charge is -2.27. The summed E-state index contributed by atoms with van der Waals surface area (Å²) in [5, 5.41) is 34.9. The number of carboxylic acid groups (broad SMARTS) is 1. The van der Waals surface area contributed by atoms with Crippen LogP contribution in [0.1, 0.15) is 24.6 Å². The molecule has 0 fully saturated rings. The molecule has 0 spiro atoms. The van der Waals surface area contributed by atoms with Crippen LogP contribution in [0.2, 0.25) is 0 Å². The van der Waals surface area contributed by atoms with Crippen molar-refractivity contribution in [2.75, 3.05) is 6.61 Å².